The molecule has 0 radical (unpaired) electrons. The summed E-state index contributed by atoms with van der Waals surface area (Å²) in [7, 11) is 1.15. The third-order valence-corrected chi connectivity index (χ3v) is 1.51. The van der Waals surface area contributed by atoms with E-state index in [0.717, 1.165) is 7.11 Å². The molecule has 1 atom stereocenters. The summed E-state index contributed by atoms with van der Waals surface area (Å²) >= 11 is -2.71. The molecule has 0 aromatic carbocycles. The molecule has 0 N–H and O–H groups in total. The molecule has 0 amide bonds. The predicted octanol–water partition coefficient (Wildman–Crippen LogP) is -0.251. The lowest BCUT2D eigenvalue weighted by Gasteiger charge is -2.22. The summed E-state index contributed by atoms with van der Waals surface area (Å²) in [4.78, 5) is 10.7. The first-order chi connectivity index (χ1) is 4.90. The molecular formula is C5H9O5S-. The molecule has 11 heavy (non-hydrogen) atoms. The average Bonchev–Trinajstić information content (AvgIpc) is 1.83. The lowest BCUT2D eigenvalue weighted by Crippen LogP contribution is -2.36. The Balaban J connectivity index is 4.21. The lowest BCUT2D eigenvalue weighted by molar-refractivity contribution is -0.155. The van der Waals surface area contributed by atoms with Crippen molar-refractivity contribution in [2.75, 3.05) is 7.11 Å². The fraction of sp³-hybridized carbons (Fsp3) is 0.800. The van der Waals surface area contributed by atoms with Gasteiger partial charge < -0.3 is 9.29 Å². The van der Waals surface area contributed by atoms with E-state index in [1.807, 2.05) is 0 Å². The van der Waals surface area contributed by atoms with Crippen LogP contribution in [0.1, 0.15) is 13.8 Å². The first kappa shape index (κ1) is 10.5. The standard InChI is InChI=1S/C5H10O5S/c1-5(2,4(6)9-3)10-11(7)8/h1-3H3,(H,7,8)/p-1. The van der Waals surface area contributed by atoms with E-state index in [1.165, 1.54) is 13.8 Å². The Bertz CT molecular complexity index is 176. The zero-order valence-electron chi connectivity index (χ0n) is 6.45. The van der Waals surface area contributed by atoms with Crippen LogP contribution in [-0.4, -0.2) is 27.4 Å². The highest BCUT2D eigenvalue weighted by molar-refractivity contribution is 7.74. The third-order valence-electron chi connectivity index (χ3n) is 0.953. The molecule has 1 unspecified atom stereocenters. The topological polar surface area (TPSA) is 75.7 Å². The minimum atomic E-state index is -2.71. The average molecular weight is 181 g/mol. The van der Waals surface area contributed by atoms with Crippen LogP contribution in [0.5, 0.6) is 0 Å². The van der Waals surface area contributed by atoms with Gasteiger partial charge in [-0.05, 0) is 13.8 Å². The van der Waals surface area contributed by atoms with Crippen LogP contribution in [0.2, 0.25) is 0 Å². The molecule has 0 rings (SSSR count). The fourth-order valence-electron chi connectivity index (χ4n) is 0.450. The highest BCUT2D eigenvalue weighted by Crippen LogP contribution is 2.11. The molecule has 0 bridgehead atoms. The molecule has 0 aromatic heterocycles. The van der Waals surface area contributed by atoms with Crippen LogP contribution in [0.3, 0.4) is 0 Å². The summed E-state index contributed by atoms with van der Waals surface area (Å²) in [6.45, 7) is 2.60. The SMILES string of the molecule is COC(=O)C(C)(C)OS(=O)[O-]. The second-order valence-electron chi connectivity index (χ2n) is 2.29. The van der Waals surface area contributed by atoms with Crippen LogP contribution in [-0.2, 0) is 25.1 Å². The van der Waals surface area contributed by atoms with Crippen LogP contribution in [0, 0.1) is 0 Å². The van der Waals surface area contributed by atoms with Crippen molar-refractivity contribution in [3.63, 3.8) is 0 Å². The summed E-state index contributed by atoms with van der Waals surface area (Å²) in [5.74, 6) is -0.735. The van der Waals surface area contributed by atoms with Crippen molar-refractivity contribution in [1.29, 1.82) is 0 Å². The van der Waals surface area contributed by atoms with Crippen LogP contribution in [0.25, 0.3) is 0 Å². The third kappa shape index (κ3) is 3.45. The Labute approximate surface area is 67.2 Å². The molecule has 0 saturated heterocycles. The number of hydrogen-bond acceptors (Lipinski definition) is 5. The van der Waals surface area contributed by atoms with E-state index >= 15 is 0 Å². The monoisotopic (exact) mass is 181 g/mol. The molecule has 0 aromatic rings. The van der Waals surface area contributed by atoms with Gasteiger partial charge in [-0.1, -0.05) is 0 Å². The van der Waals surface area contributed by atoms with Gasteiger partial charge in [-0.2, -0.15) is 0 Å². The molecule has 0 fully saturated rings. The Hall–Kier alpha value is -0.460. The Morgan fingerprint density at radius 3 is 2.27 bits per heavy atom. The van der Waals surface area contributed by atoms with Gasteiger partial charge >= 0.3 is 5.97 Å². The fourth-order valence-corrected chi connectivity index (χ4v) is 0.858. The second kappa shape index (κ2) is 3.80. The molecule has 0 aliphatic heterocycles. The summed E-state index contributed by atoms with van der Waals surface area (Å²) < 4.78 is 28.5. The second-order valence-corrected chi connectivity index (χ2v) is 2.86. The zero-order valence-corrected chi connectivity index (χ0v) is 7.27. The van der Waals surface area contributed by atoms with Gasteiger partial charge in [-0.3, -0.25) is 4.18 Å². The normalized spacial score (nSPS) is 14.2. The highest BCUT2D eigenvalue weighted by atomic mass is 32.2. The van der Waals surface area contributed by atoms with Gasteiger partial charge in [0, 0.05) is 0 Å². The summed E-state index contributed by atoms with van der Waals surface area (Å²) in [6.07, 6.45) is 0. The van der Waals surface area contributed by atoms with Crippen LogP contribution in [0.15, 0.2) is 0 Å². The molecular weight excluding hydrogens is 172 g/mol. The summed E-state index contributed by atoms with van der Waals surface area (Å²) in [5.41, 5.74) is -1.44. The number of carbonyl (C=O) groups is 1. The molecule has 0 heterocycles. The maximum absolute atomic E-state index is 10.7. The molecule has 66 valence electrons. The van der Waals surface area contributed by atoms with Gasteiger partial charge in [0.2, 0.25) is 0 Å². The minimum Gasteiger partial charge on any atom is -0.750 e. The molecule has 5 nitrogen and oxygen atoms in total. The van der Waals surface area contributed by atoms with E-state index in [2.05, 4.69) is 8.92 Å². The van der Waals surface area contributed by atoms with Crippen molar-refractivity contribution >= 4 is 17.3 Å². The van der Waals surface area contributed by atoms with Crippen molar-refractivity contribution in [3.05, 3.63) is 0 Å². The number of carbonyl (C=O) groups excluding carboxylic acids is 1. The molecule has 6 heteroatoms. The predicted molar refractivity (Wildman–Crippen MR) is 36.1 cm³/mol. The maximum atomic E-state index is 10.7. The van der Waals surface area contributed by atoms with Crippen molar-refractivity contribution in [1.82, 2.24) is 0 Å². The largest absolute Gasteiger partial charge is 0.750 e. The number of esters is 1. The number of methoxy groups -OCH3 is 1. The van der Waals surface area contributed by atoms with Crippen LogP contribution >= 0.6 is 0 Å². The van der Waals surface area contributed by atoms with Crippen molar-refractivity contribution in [2.45, 2.75) is 19.4 Å². The Morgan fingerprint density at radius 2 is 2.00 bits per heavy atom. The number of ether oxygens (including phenoxy) is 1. The van der Waals surface area contributed by atoms with E-state index in [0.29, 0.717) is 0 Å². The van der Waals surface area contributed by atoms with Gasteiger partial charge in [-0.25, -0.2) is 9.00 Å². The first-order valence-corrected chi connectivity index (χ1v) is 3.77. The number of hydrogen-bond donors (Lipinski definition) is 0. The highest BCUT2D eigenvalue weighted by Gasteiger charge is 2.30. The smallest absolute Gasteiger partial charge is 0.338 e. The molecule has 0 aliphatic carbocycles. The summed E-state index contributed by atoms with van der Waals surface area (Å²) in [5, 5.41) is 0. The van der Waals surface area contributed by atoms with Crippen molar-refractivity contribution in [2.24, 2.45) is 0 Å². The van der Waals surface area contributed by atoms with Crippen molar-refractivity contribution < 1.29 is 22.5 Å². The lowest BCUT2D eigenvalue weighted by atomic mass is 10.1. The summed E-state index contributed by atoms with van der Waals surface area (Å²) in [6, 6.07) is 0. The van der Waals surface area contributed by atoms with E-state index in [9.17, 15) is 13.6 Å². The van der Waals surface area contributed by atoms with Crippen LogP contribution in [0.4, 0.5) is 0 Å². The van der Waals surface area contributed by atoms with Crippen LogP contribution < -0.4 is 0 Å². The number of rotatable bonds is 3. The zero-order chi connectivity index (χ0) is 9.07. The Kier molecular flexibility index (Phi) is 3.64. The van der Waals surface area contributed by atoms with Gasteiger partial charge in [-0.15, -0.1) is 0 Å². The van der Waals surface area contributed by atoms with Gasteiger partial charge in [0.05, 0.1) is 18.5 Å². The van der Waals surface area contributed by atoms with E-state index < -0.39 is 22.9 Å². The molecule has 0 saturated carbocycles. The van der Waals surface area contributed by atoms with E-state index in [1.54, 1.807) is 0 Å². The van der Waals surface area contributed by atoms with E-state index in [4.69, 9.17) is 0 Å². The molecule has 0 aliphatic rings. The van der Waals surface area contributed by atoms with Gasteiger partial charge in [0.25, 0.3) is 0 Å². The Morgan fingerprint density at radius 1 is 1.55 bits per heavy atom. The quantitative estimate of drug-likeness (QED) is 0.443. The van der Waals surface area contributed by atoms with E-state index in [-0.39, 0.29) is 0 Å². The first-order valence-electron chi connectivity index (χ1n) is 2.77. The minimum absolute atomic E-state index is 0.735. The maximum Gasteiger partial charge on any atom is 0.338 e. The van der Waals surface area contributed by atoms with Crippen molar-refractivity contribution in [3.8, 4) is 0 Å². The molecule has 0 spiro atoms. The van der Waals surface area contributed by atoms with Gasteiger partial charge in [0.1, 0.15) is 0 Å². The van der Waals surface area contributed by atoms with Gasteiger partial charge in [0.15, 0.2) is 5.60 Å².